The first-order valence-corrected chi connectivity index (χ1v) is 10.2. The molecule has 1 aliphatic heterocycles. The third-order valence-electron chi connectivity index (χ3n) is 5.93. The van der Waals surface area contributed by atoms with E-state index in [1.807, 2.05) is 6.07 Å². The maximum absolute atomic E-state index is 12.0. The second-order valence-corrected chi connectivity index (χ2v) is 7.74. The second-order valence-electron chi connectivity index (χ2n) is 7.74. The molecule has 1 heterocycles. The van der Waals surface area contributed by atoms with Gasteiger partial charge in [0.2, 0.25) is 0 Å². The smallest absolute Gasteiger partial charge is 0.314 e. The Morgan fingerprint density at radius 3 is 2.35 bits per heavy atom. The van der Waals surface area contributed by atoms with Gasteiger partial charge in [-0.05, 0) is 44.3 Å². The van der Waals surface area contributed by atoms with Crippen molar-refractivity contribution in [3.8, 4) is 0 Å². The molecule has 2 amide bonds. The molecule has 0 radical (unpaired) electrons. The number of nitrogens with zero attached hydrogens (tertiary/aromatic N) is 2. The van der Waals surface area contributed by atoms with Gasteiger partial charge in [0.1, 0.15) is 0 Å². The molecular formula is C21H34N4O. The average molecular weight is 359 g/mol. The summed E-state index contributed by atoms with van der Waals surface area (Å²) in [6, 6.07) is 10.5. The van der Waals surface area contributed by atoms with E-state index < -0.39 is 0 Å². The number of unbranched alkanes of at least 4 members (excludes halogenated alkanes) is 1. The lowest BCUT2D eigenvalue weighted by atomic mass is 9.96. The van der Waals surface area contributed by atoms with Crippen molar-refractivity contribution in [3.63, 3.8) is 0 Å². The second kappa shape index (κ2) is 9.38. The van der Waals surface area contributed by atoms with Crippen molar-refractivity contribution in [2.45, 2.75) is 38.0 Å². The highest BCUT2D eigenvalue weighted by molar-refractivity contribution is 5.74. The van der Waals surface area contributed by atoms with Crippen LogP contribution < -0.4 is 10.6 Å². The zero-order valence-electron chi connectivity index (χ0n) is 16.2. The molecule has 2 N–H and O–H groups in total. The van der Waals surface area contributed by atoms with Gasteiger partial charge in [0.15, 0.2) is 0 Å². The van der Waals surface area contributed by atoms with E-state index in [1.54, 1.807) is 0 Å². The Bertz CT molecular complexity index is 550. The van der Waals surface area contributed by atoms with Gasteiger partial charge in [0.25, 0.3) is 0 Å². The summed E-state index contributed by atoms with van der Waals surface area (Å²) in [5.41, 5.74) is 1.53. The van der Waals surface area contributed by atoms with E-state index >= 15 is 0 Å². The van der Waals surface area contributed by atoms with E-state index in [0.29, 0.717) is 0 Å². The van der Waals surface area contributed by atoms with Crippen LogP contribution in [0.5, 0.6) is 0 Å². The molecule has 0 bridgehead atoms. The fraction of sp³-hybridized carbons (Fsp3) is 0.667. The molecule has 2 fully saturated rings. The molecule has 144 valence electrons. The number of urea groups is 1. The van der Waals surface area contributed by atoms with Crippen molar-refractivity contribution in [2.24, 2.45) is 0 Å². The molecule has 5 nitrogen and oxygen atoms in total. The molecule has 1 saturated heterocycles. The molecule has 3 rings (SSSR count). The van der Waals surface area contributed by atoms with Crippen LogP contribution in [-0.2, 0) is 5.41 Å². The van der Waals surface area contributed by atoms with Gasteiger partial charge in [-0.1, -0.05) is 37.3 Å². The quantitative estimate of drug-likeness (QED) is 0.667. The monoisotopic (exact) mass is 358 g/mol. The first-order chi connectivity index (χ1) is 12.7. The first-order valence-electron chi connectivity index (χ1n) is 10.2. The van der Waals surface area contributed by atoms with Crippen LogP contribution in [0.25, 0.3) is 0 Å². The summed E-state index contributed by atoms with van der Waals surface area (Å²) in [6.07, 6.45) is 4.54. The van der Waals surface area contributed by atoms with Crippen LogP contribution in [0.2, 0.25) is 0 Å². The van der Waals surface area contributed by atoms with Crippen molar-refractivity contribution < 1.29 is 4.79 Å². The molecule has 0 unspecified atom stereocenters. The minimum absolute atomic E-state index is 0.0243. The molecule has 1 aromatic carbocycles. The number of hydrogen-bond donors (Lipinski definition) is 2. The number of amides is 2. The number of likely N-dealkylation sites (N-methyl/N-ethyl adjacent to an activating group) is 1. The molecule has 26 heavy (non-hydrogen) atoms. The van der Waals surface area contributed by atoms with Gasteiger partial charge in [-0.15, -0.1) is 0 Å². The fourth-order valence-corrected chi connectivity index (χ4v) is 3.81. The van der Waals surface area contributed by atoms with Gasteiger partial charge < -0.3 is 20.4 Å². The molecule has 1 saturated carbocycles. The summed E-state index contributed by atoms with van der Waals surface area (Å²) in [5, 5.41) is 6.08. The predicted octanol–water partition coefficient (Wildman–Crippen LogP) is 2.44. The number of piperazine rings is 1. The van der Waals surface area contributed by atoms with Gasteiger partial charge in [0.05, 0.1) is 0 Å². The van der Waals surface area contributed by atoms with E-state index in [-0.39, 0.29) is 11.4 Å². The topological polar surface area (TPSA) is 47.6 Å². The molecule has 1 aromatic rings. The lowest BCUT2D eigenvalue weighted by Crippen LogP contribution is -2.46. The summed E-state index contributed by atoms with van der Waals surface area (Å²) in [7, 11) is 0. The number of carbonyl (C=O) groups is 1. The van der Waals surface area contributed by atoms with Crippen molar-refractivity contribution in [2.75, 3.05) is 52.4 Å². The normalized spacial score (nSPS) is 19.9. The van der Waals surface area contributed by atoms with Crippen LogP contribution in [0.3, 0.4) is 0 Å². The van der Waals surface area contributed by atoms with E-state index in [4.69, 9.17) is 0 Å². The Morgan fingerprint density at radius 2 is 1.69 bits per heavy atom. The Morgan fingerprint density at radius 1 is 1.00 bits per heavy atom. The minimum atomic E-state index is -0.0243. The summed E-state index contributed by atoms with van der Waals surface area (Å²) in [4.78, 5) is 17.1. The van der Waals surface area contributed by atoms with Crippen LogP contribution >= 0.6 is 0 Å². The van der Waals surface area contributed by atoms with Gasteiger partial charge >= 0.3 is 6.03 Å². The molecule has 1 aliphatic carbocycles. The van der Waals surface area contributed by atoms with Gasteiger partial charge in [-0.3, -0.25) is 0 Å². The molecule has 0 spiro atoms. The molecule has 5 heteroatoms. The van der Waals surface area contributed by atoms with Gasteiger partial charge in [-0.25, -0.2) is 4.79 Å². The van der Waals surface area contributed by atoms with Crippen LogP contribution in [0, 0.1) is 0 Å². The highest BCUT2D eigenvalue weighted by Crippen LogP contribution is 2.47. The number of rotatable bonds is 9. The number of hydrogen-bond acceptors (Lipinski definition) is 3. The molecule has 0 aromatic heterocycles. The van der Waals surface area contributed by atoms with Crippen LogP contribution in [0.4, 0.5) is 4.79 Å². The Hall–Kier alpha value is -1.59. The standard InChI is InChI=1S/C21H34N4O/c1-2-24-14-16-25(17-15-24)13-7-6-12-22-20(26)23-18-21(10-11-21)19-8-4-3-5-9-19/h3-5,8-9H,2,6-7,10-18H2,1H3,(H2,22,23,26). The van der Waals surface area contributed by atoms with Crippen LogP contribution in [0.15, 0.2) is 30.3 Å². The summed E-state index contributed by atoms with van der Waals surface area (Å²) in [5.74, 6) is 0. The third kappa shape index (κ3) is 5.45. The van der Waals surface area contributed by atoms with E-state index in [0.717, 1.165) is 32.5 Å². The Kier molecular flexibility index (Phi) is 6.92. The Balaban J connectivity index is 1.24. The highest BCUT2D eigenvalue weighted by atomic mass is 16.2. The van der Waals surface area contributed by atoms with Crippen molar-refractivity contribution >= 4 is 6.03 Å². The SMILES string of the molecule is CCN1CCN(CCCCNC(=O)NCC2(c3ccccc3)CC2)CC1. The van der Waals surface area contributed by atoms with E-state index in [1.165, 1.54) is 51.1 Å². The average Bonchev–Trinajstić information content (AvgIpc) is 3.48. The number of nitrogens with one attached hydrogen (secondary N) is 2. The molecule has 0 atom stereocenters. The first kappa shape index (κ1) is 19.2. The molecular weight excluding hydrogens is 324 g/mol. The summed E-state index contributed by atoms with van der Waals surface area (Å²) in [6.45, 7) is 10.8. The lowest BCUT2D eigenvalue weighted by Gasteiger charge is -2.33. The van der Waals surface area contributed by atoms with Crippen molar-refractivity contribution in [1.29, 1.82) is 0 Å². The van der Waals surface area contributed by atoms with Crippen molar-refractivity contribution in [1.82, 2.24) is 20.4 Å². The fourth-order valence-electron chi connectivity index (χ4n) is 3.81. The van der Waals surface area contributed by atoms with E-state index in [9.17, 15) is 4.79 Å². The maximum atomic E-state index is 12.0. The predicted molar refractivity (Wildman–Crippen MR) is 107 cm³/mol. The Labute approximate surface area is 158 Å². The summed E-state index contributed by atoms with van der Waals surface area (Å²) < 4.78 is 0. The third-order valence-corrected chi connectivity index (χ3v) is 5.93. The van der Waals surface area contributed by atoms with Gasteiger partial charge in [0, 0.05) is 44.7 Å². The van der Waals surface area contributed by atoms with Crippen LogP contribution in [-0.4, -0.2) is 68.2 Å². The van der Waals surface area contributed by atoms with Gasteiger partial charge in [-0.2, -0.15) is 0 Å². The largest absolute Gasteiger partial charge is 0.338 e. The van der Waals surface area contributed by atoms with Crippen LogP contribution in [0.1, 0.15) is 38.2 Å². The molecule has 2 aliphatic rings. The highest BCUT2D eigenvalue weighted by Gasteiger charge is 2.44. The number of benzene rings is 1. The summed E-state index contributed by atoms with van der Waals surface area (Å²) >= 11 is 0. The number of carbonyl (C=O) groups excluding carboxylic acids is 1. The van der Waals surface area contributed by atoms with E-state index in [2.05, 4.69) is 51.6 Å². The maximum Gasteiger partial charge on any atom is 0.314 e. The lowest BCUT2D eigenvalue weighted by molar-refractivity contribution is 0.135. The van der Waals surface area contributed by atoms with Crippen molar-refractivity contribution in [3.05, 3.63) is 35.9 Å². The zero-order valence-corrected chi connectivity index (χ0v) is 16.2. The zero-order chi connectivity index (χ0) is 18.2. The minimum Gasteiger partial charge on any atom is -0.338 e.